The number of carbonyl (C=O) groups is 3. The fraction of sp³-hybridized carbons (Fsp3) is 0.348. The molecule has 1 aliphatic heterocycles. The average Bonchev–Trinajstić information content (AvgIpc) is 3.04. The lowest BCUT2D eigenvalue weighted by molar-refractivity contribution is -0.138. The number of carbonyl (C=O) groups excluding carboxylic acids is 3. The molecule has 0 unspecified atom stereocenters. The van der Waals surface area contributed by atoms with Gasteiger partial charge in [-0.05, 0) is 24.1 Å². The molecule has 0 saturated carbocycles. The van der Waals surface area contributed by atoms with Gasteiger partial charge >= 0.3 is 6.03 Å². The van der Waals surface area contributed by atoms with E-state index in [4.69, 9.17) is 9.47 Å². The van der Waals surface area contributed by atoms with Crippen molar-refractivity contribution in [3.8, 4) is 11.5 Å². The number of ether oxygens (including phenoxy) is 2. The Bertz CT molecular complexity index is 978. The first-order valence-corrected chi connectivity index (χ1v) is 10.0. The number of nitrogens with zero attached hydrogens (tertiary/aromatic N) is 2. The third-order valence-corrected chi connectivity index (χ3v) is 5.59. The number of imide groups is 1. The van der Waals surface area contributed by atoms with E-state index in [1.807, 2.05) is 31.2 Å². The van der Waals surface area contributed by atoms with Crippen molar-refractivity contribution < 1.29 is 23.9 Å². The zero-order valence-corrected chi connectivity index (χ0v) is 18.2. The third-order valence-electron chi connectivity index (χ3n) is 5.59. The highest BCUT2D eigenvalue weighted by atomic mass is 16.5. The zero-order valence-electron chi connectivity index (χ0n) is 18.2. The van der Waals surface area contributed by atoms with E-state index in [0.29, 0.717) is 23.5 Å². The molecule has 0 radical (unpaired) electrons. The molecule has 0 spiro atoms. The van der Waals surface area contributed by atoms with E-state index in [2.05, 4.69) is 5.32 Å². The molecule has 2 aromatic rings. The molecule has 164 valence electrons. The number of hydrogen-bond acceptors (Lipinski definition) is 5. The van der Waals surface area contributed by atoms with Crippen LogP contribution >= 0.6 is 0 Å². The van der Waals surface area contributed by atoms with Gasteiger partial charge in [-0.3, -0.25) is 14.5 Å². The van der Waals surface area contributed by atoms with E-state index in [1.54, 1.807) is 45.5 Å². The number of rotatable bonds is 8. The van der Waals surface area contributed by atoms with Crippen LogP contribution in [0.3, 0.4) is 0 Å². The number of hydrogen-bond donors (Lipinski definition) is 1. The van der Waals surface area contributed by atoms with Gasteiger partial charge in [0.05, 0.1) is 14.2 Å². The maximum absolute atomic E-state index is 13.2. The van der Waals surface area contributed by atoms with E-state index in [1.165, 1.54) is 4.90 Å². The topological polar surface area (TPSA) is 88.2 Å². The van der Waals surface area contributed by atoms with Crippen molar-refractivity contribution in [3.63, 3.8) is 0 Å². The van der Waals surface area contributed by atoms with Crippen LogP contribution in [0.15, 0.2) is 48.5 Å². The van der Waals surface area contributed by atoms with E-state index in [0.717, 1.165) is 10.5 Å². The highest BCUT2D eigenvalue weighted by molar-refractivity contribution is 6.09. The van der Waals surface area contributed by atoms with Crippen molar-refractivity contribution >= 4 is 17.8 Å². The van der Waals surface area contributed by atoms with Gasteiger partial charge in [-0.2, -0.15) is 0 Å². The molecule has 1 heterocycles. The molecule has 0 aliphatic carbocycles. The summed E-state index contributed by atoms with van der Waals surface area (Å²) in [5, 5.41) is 2.79. The molecular formula is C23H27N3O5. The molecule has 8 heteroatoms. The molecule has 0 aromatic heterocycles. The summed E-state index contributed by atoms with van der Waals surface area (Å²) in [4.78, 5) is 41.1. The van der Waals surface area contributed by atoms with E-state index < -0.39 is 17.5 Å². The van der Waals surface area contributed by atoms with Gasteiger partial charge in [-0.1, -0.05) is 37.3 Å². The Balaban J connectivity index is 1.74. The fourth-order valence-electron chi connectivity index (χ4n) is 3.71. The maximum atomic E-state index is 13.2. The Kier molecular flexibility index (Phi) is 6.48. The van der Waals surface area contributed by atoms with Crippen molar-refractivity contribution in [1.82, 2.24) is 15.1 Å². The van der Waals surface area contributed by atoms with Crippen LogP contribution in [-0.2, 0) is 21.7 Å². The largest absolute Gasteiger partial charge is 0.497 e. The van der Waals surface area contributed by atoms with Crippen LogP contribution in [0.4, 0.5) is 4.79 Å². The van der Waals surface area contributed by atoms with Crippen LogP contribution < -0.4 is 14.8 Å². The van der Waals surface area contributed by atoms with Gasteiger partial charge in [0.15, 0.2) is 0 Å². The summed E-state index contributed by atoms with van der Waals surface area (Å²) < 4.78 is 10.6. The van der Waals surface area contributed by atoms with Crippen LogP contribution in [-0.4, -0.2) is 55.5 Å². The zero-order chi connectivity index (χ0) is 22.6. The van der Waals surface area contributed by atoms with E-state index in [-0.39, 0.29) is 19.0 Å². The summed E-state index contributed by atoms with van der Waals surface area (Å²) in [5.41, 5.74) is 0.321. The molecule has 31 heavy (non-hydrogen) atoms. The molecule has 1 N–H and O–H groups in total. The van der Waals surface area contributed by atoms with Crippen molar-refractivity contribution in [3.05, 3.63) is 59.7 Å². The minimum Gasteiger partial charge on any atom is -0.497 e. The lowest BCUT2D eigenvalue weighted by Gasteiger charge is -2.26. The van der Waals surface area contributed by atoms with Crippen molar-refractivity contribution in [2.24, 2.45) is 0 Å². The van der Waals surface area contributed by atoms with Gasteiger partial charge in [-0.15, -0.1) is 0 Å². The Morgan fingerprint density at radius 3 is 2.42 bits per heavy atom. The van der Waals surface area contributed by atoms with E-state index >= 15 is 0 Å². The number of benzene rings is 2. The average molecular weight is 425 g/mol. The van der Waals surface area contributed by atoms with Crippen LogP contribution in [0.1, 0.15) is 24.5 Å². The second kappa shape index (κ2) is 9.07. The normalized spacial score (nSPS) is 18.0. The van der Waals surface area contributed by atoms with Crippen molar-refractivity contribution in [2.75, 3.05) is 27.8 Å². The van der Waals surface area contributed by atoms with Gasteiger partial charge in [-0.25, -0.2) is 4.79 Å². The first kappa shape index (κ1) is 22.1. The second-order valence-corrected chi connectivity index (χ2v) is 7.37. The fourth-order valence-corrected chi connectivity index (χ4v) is 3.71. The predicted molar refractivity (Wildman–Crippen MR) is 115 cm³/mol. The Morgan fingerprint density at radius 1 is 1.10 bits per heavy atom. The van der Waals surface area contributed by atoms with Crippen molar-refractivity contribution in [2.45, 2.75) is 25.4 Å². The molecule has 4 amide bonds. The summed E-state index contributed by atoms with van der Waals surface area (Å²) in [5.74, 6) is 0.449. The monoisotopic (exact) mass is 425 g/mol. The van der Waals surface area contributed by atoms with Crippen LogP contribution in [0.5, 0.6) is 11.5 Å². The molecule has 2 aromatic carbocycles. The maximum Gasteiger partial charge on any atom is 0.325 e. The van der Waals surface area contributed by atoms with E-state index in [9.17, 15) is 14.4 Å². The molecule has 3 rings (SSSR count). The van der Waals surface area contributed by atoms with Gasteiger partial charge < -0.3 is 19.7 Å². The van der Waals surface area contributed by atoms with Gasteiger partial charge in [0, 0.05) is 25.2 Å². The quantitative estimate of drug-likeness (QED) is 0.657. The van der Waals surface area contributed by atoms with Gasteiger partial charge in [0.2, 0.25) is 5.91 Å². The SMILES string of the molecule is CC[C@@]1(c2ccccc2)NC(=O)N(CC(=O)N(C)Cc2ccc(OC)cc2OC)C1=O. The summed E-state index contributed by atoms with van der Waals surface area (Å²) >= 11 is 0. The molecule has 1 atom stereocenters. The first-order chi connectivity index (χ1) is 14.9. The molecule has 1 aliphatic rings. The summed E-state index contributed by atoms with van der Waals surface area (Å²) in [7, 11) is 4.73. The molecule has 1 fully saturated rings. The second-order valence-electron chi connectivity index (χ2n) is 7.37. The number of urea groups is 1. The number of nitrogens with one attached hydrogen (secondary N) is 1. The van der Waals surface area contributed by atoms with Crippen LogP contribution in [0.2, 0.25) is 0 Å². The lowest BCUT2D eigenvalue weighted by Crippen LogP contribution is -2.45. The van der Waals surface area contributed by atoms with Gasteiger partial charge in [0.1, 0.15) is 23.6 Å². The number of likely N-dealkylation sites (N-methyl/N-ethyl adjacent to an activating group) is 1. The predicted octanol–water partition coefficient (Wildman–Crippen LogP) is 2.52. The van der Waals surface area contributed by atoms with Crippen LogP contribution in [0.25, 0.3) is 0 Å². The highest BCUT2D eigenvalue weighted by Gasteiger charge is 2.51. The smallest absolute Gasteiger partial charge is 0.325 e. The lowest BCUT2D eigenvalue weighted by atomic mass is 9.87. The number of methoxy groups -OCH3 is 2. The van der Waals surface area contributed by atoms with Crippen LogP contribution in [0, 0.1) is 0 Å². The molecule has 0 bridgehead atoms. The van der Waals surface area contributed by atoms with Gasteiger partial charge in [0.25, 0.3) is 5.91 Å². The molecular weight excluding hydrogens is 398 g/mol. The summed E-state index contributed by atoms with van der Waals surface area (Å²) in [6.07, 6.45) is 0.380. The summed E-state index contributed by atoms with van der Waals surface area (Å²) in [6.45, 7) is 1.75. The molecule has 8 nitrogen and oxygen atoms in total. The minimum absolute atomic E-state index is 0.257. The molecule has 1 saturated heterocycles. The summed E-state index contributed by atoms with van der Waals surface area (Å²) in [6, 6.07) is 13.8. The Hall–Kier alpha value is -3.55. The standard InChI is InChI=1S/C23H27N3O5/c1-5-23(17-9-7-6-8-10-17)21(28)26(22(29)24-23)15-20(27)25(2)14-16-11-12-18(30-3)13-19(16)31-4/h6-13H,5,14-15H2,1-4H3,(H,24,29)/t23-/m0/s1. The Labute approximate surface area is 181 Å². The minimum atomic E-state index is -1.16. The highest BCUT2D eigenvalue weighted by Crippen LogP contribution is 2.32. The third kappa shape index (κ3) is 4.19. The Morgan fingerprint density at radius 2 is 1.81 bits per heavy atom. The first-order valence-electron chi connectivity index (χ1n) is 10.0. The van der Waals surface area contributed by atoms with Crippen molar-refractivity contribution in [1.29, 1.82) is 0 Å². The number of amides is 4.